The molecule has 0 fully saturated rings. The Morgan fingerprint density at radius 3 is 2.65 bits per heavy atom. The second-order valence-electron chi connectivity index (χ2n) is 7.47. The molecule has 0 saturated carbocycles. The number of hydrogen-bond acceptors (Lipinski definition) is 5. The molecule has 6 nitrogen and oxygen atoms in total. The molecule has 1 aliphatic heterocycles. The van der Waals surface area contributed by atoms with E-state index in [1.165, 1.54) is 0 Å². The van der Waals surface area contributed by atoms with Crippen molar-refractivity contribution in [2.24, 2.45) is 5.73 Å². The Morgan fingerprint density at radius 2 is 1.84 bits per heavy atom. The summed E-state index contributed by atoms with van der Waals surface area (Å²) in [4.78, 5) is 0. The minimum absolute atomic E-state index is 0.0634. The summed E-state index contributed by atoms with van der Waals surface area (Å²) in [6.07, 6.45) is 0. The molecule has 31 heavy (non-hydrogen) atoms. The third-order valence-corrected chi connectivity index (χ3v) is 5.59. The number of nitrogens with one attached hydrogen (secondary N) is 1. The average Bonchev–Trinajstić information content (AvgIpc) is 3.17. The number of nitriles is 1. The van der Waals surface area contributed by atoms with Gasteiger partial charge in [0.1, 0.15) is 24.0 Å². The number of nitrogens with zero attached hydrogens (tertiary/aromatic N) is 2. The lowest BCUT2D eigenvalue weighted by Crippen LogP contribution is -2.21. The van der Waals surface area contributed by atoms with Gasteiger partial charge in [-0.3, -0.25) is 5.10 Å². The Kier molecular flexibility index (Phi) is 4.57. The molecular formula is C25H20N4O2. The van der Waals surface area contributed by atoms with Gasteiger partial charge in [-0.05, 0) is 29.3 Å². The highest BCUT2D eigenvalue weighted by Gasteiger charge is 2.36. The first-order valence-electron chi connectivity index (χ1n) is 9.98. The molecule has 1 aromatic heterocycles. The monoisotopic (exact) mass is 408 g/mol. The topological polar surface area (TPSA) is 97.0 Å². The highest BCUT2D eigenvalue weighted by atomic mass is 16.5. The van der Waals surface area contributed by atoms with E-state index in [1.54, 1.807) is 0 Å². The zero-order chi connectivity index (χ0) is 21.4. The van der Waals surface area contributed by atoms with Gasteiger partial charge in [0, 0.05) is 16.8 Å². The molecule has 2 heterocycles. The average molecular weight is 408 g/mol. The van der Waals surface area contributed by atoms with Gasteiger partial charge in [0.2, 0.25) is 11.8 Å². The third kappa shape index (κ3) is 3.17. The smallest absolute Gasteiger partial charge is 0.244 e. The van der Waals surface area contributed by atoms with Gasteiger partial charge in [0.15, 0.2) is 0 Å². The first-order valence-corrected chi connectivity index (χ1v) is 9.98. The summed E-state index contributed by atoms with van der Waals surface area (Å²) in [6.45, 7) is 2.32. The predicted molar refractivity (Wildman–Crippen MR) is 117 cm³/mol. The van der Waals surface area contributed by atoms with Crippen LogP contribution in [0.5, 0.6) is 11.6 Å². The molecule has 0 saturated heterocycles. The number of hydrogen-bond donors (Lipinski definition) is 2. The van der Waals surface area contributed by atoms with E-state index in [0.717, 1.165) is 33.2 Å². The van der Waals surface area contributed by atoms with Crippen molar-refractivity contribution in [2.45, 2.75) is 19.4 Å². The largest absolute Gasteiger partial charge is 0.489 e. The van der Waals surface area contributed by atoms with Crippen LogP contribution in [0.15, 0.2) is 78.2 Å². The summed E-state index contributed by atoms with van der Waals surface area (Å²) in [6, 6.07) is 24.3. The first kappa shape index (κ1) is 18.8. The van der Waals surface area contributed by atoms with E-state index in [0.29, 0.717) is 23.8 Å². The van der Waals surface area contributed by atoms with Crippen LogP contribution < -0.4 is 15.2 Å². The molecule has 1 atom stereocenters. The van der Waals surface area contributed by atoms with E-state index in [-0.39, 0.29) is 5.88 Å². The number of benzene rings is 3. The van der Waals surface area contributed by atoms with Crippen molar-refractivity contribution < 1.29 is 9.47 Å². The summed E-state index contributed by atoms with van der Waals surface area (Å²) < 4.78 is 11.9. The van der Waals surface area contributed by atoms with E-state index in [9.17, 15) is 5.26 Å². The summed E-state index contributed by atoms with van der Waals surface area (Å²) in [5, 5.41) is 19.2. The number of H-pyrrole nitrogens is 1. The van der Waals surface area contributed by atoms with Crippen molar-refractivity contribution in [1.29, 1.82) is 5.26 Å². The van der Waals surface area contributed by atoms with Crippen LogP contribution in [0.3, 0.4) is 0 Å². The predicted octanol–water partition coefficient (Wildman–Crippen LogP) is 4.67. The summed E-state index contributed by atoms with van der Waals surface area (Å²) in [5.74, 6) is 0.695. The molecule has 0 radical (unpaired) electrons. The van der Waals surface area contributed by atoms with Gasteiger partial charge in [-0.1, -0.05) is 60.7 Å². The molecule has 3 aromatic carbocycles. The highest BCUT2D eigenvalue weighted by Crippen LogP contribution is 2.47. The molecule has 3 N–H and O–H groups in total. The molecule has 6 heteroatoms. The molecule has 0 spiro atoms. The molecular weight excluding hydrogens is 388 g/mol. The normalized spacial score (nSPS) is 15.3. The van der Waals surface area contributed by atoms with Gasteiger partial charge in [-0.15, -0.1) is 5.10 Å². The molecule has 0 aliphatic carbocycles. The van der Waals surface area contributed by atoms with Gasteiger partial charge in [-0.25, -0.2) is 0 Å². The lowest BCUT2D eigenvalue weighted by atomic mass is 9.81. The summed E-state index contributed by atoms with van der Waals surface area (Å²) in [7, 11) is 0. The van der Waals surface area contributed by atoms with Crippen molar-refractivity contribution in [1.82, 2.24) is 10.2 Å². The lowest BCUT2D eigenvalue weighted by Gasteiger charge is -2.26. The van der Waals surface area contributed by atoms with E-state index in [2.05, 4.69) is 16.3 Å². The molecule has 0 amide bonds. The van der Waals surface area contributed by atoms with Crippen LogP contribution in [0.4, 0.5) is 0 Å². The Hall–Kier alpha value is -4.24. The van der Waals surface area contributed by atoms with Crippen LogP contribution in [0.25, 0.3) is 10.8 Å². The minimum Gasteiger partial charge on any atom is -0.489 e. The Labute approximate surface area is 179 Å². The fourth-order valence-electron chi connectivity index (χ4n) is 4.12. The fraction of sp³-hybridized carbons (Fsp3) is 0.120. The lowest BCUT2D eigenvalue weighted by molar-refractivity contribution is 0.302. The van der Waals surface area contributed by atoms with E-state index in [1.807, 2.05) is 73.7 Å². The van der Waals surface area contributed by atoms with Crippen LogP contribution in [-0.4, -0.2) is 10.2 Å². The minimum atomic E-state index is -0.454. The van der Waals surface area contributed by atoms with Crippen LogP contribution in [0.2, 0.25) is 0 Å². The van der Waals surface area contributed by atoms with Gasteiger partial charge < -0.3 is 15.2 Å². The molecule has 0 bridgehead atoms. The second kappa shape index (κ2) is 7.54. The van der Waals surface area contributed by atoms with E-state index < -0.39 is 5.92 Å². The van der Waals surface area contributed by atoms with Crippen LogP contribution >= 0.6 is 0 Å². The van der Waals surface area contributed by atoms with Gasteiger partial charge in [-0.2, -0.15) is 5.26 Å². The Bertz CT molecular complexity index is 1350. The van der Waals surface area contributed by atoms with E-state index in [4.69, 9.17) is 15.2 Å². The van der Waals surface area contributed by atoms with Gasteiger partial charge >= 0.3 is 0 Å². The molecule has 5 rings (SSSR count). The molecule has 4 aromatic rings. The fourth-order valence-corrected chi connectivity index (χ4v) is 4.12. The first-order chi connectivity index (χ1) is 15.2. The third-order valence-electron chi connectivity index (χ3n) is 5.59. The number of rotatable bonds is 4. The number of aryl methyl sites for hydroxylation is 1. The Balaban J connectivity index is 1.73. The van der Waals surface area contributed by atoms with Gasteiger partial charge in [0.05, 0.1) is 5.92 Å². The van der Waals surface area contributed by atoms with Crippen LogP contribution in [-0.2, 0) is 6.61 Å². The van der Waals surface area contributed by atoms with Crippen LogP contribution in [0.1, 0.15) is 28.3 Å². The highest BCUT2D eigenvalue weighted by molar-refractivity contribution is 5.90. The van der Waals surface area contributed by atoms with Crippen molar-refractivity contribution in [3.63, 3.8) is 0 Å². The zero-order valence-electron chi connectivity index (χ0n) is 16.9. The zero-order valence-corrected chi connectivity index (χ0v) is 16.9. The quantitative estimate of drug-likeness (QED) is 0.511. The number of ether oxygens (including phenoxy) is 2. The Morgan fingerprint density at radius 1 is 1.06 bits per heavy atom. The second-order valence-corrected chi connectivity index (χ2v) is 7.47. The molecule has 152 valence electrons. The van der Waals surface area contributed by atoms with Crippen LogP contribution in [0, 0.1) is 18.3 Å². The number of nitrogens with two attached hydrogens (primary N) is 1. The maximum Gasteiger partial charge on any atom is 0.244 e. The summed E-state index contributed by atoms with van der Waals surface area (Å²) in [5.41, 5.74) is 10.0. The van der Waals surface area contributed by atoms with E-state index >= 15 is 0 Å². The number of fused-ring (bicyclic) bond motifs is 2. The van der Waals surface area contributed by atoms with Crippen molar-refractivity contribution >= 4 is 10.8 Å². The van der Waals surface area contributed by atoms with Crippen molar-refractivity contribution in [2.75, 3.05) is 0 Å². The maximum absolute atomic E-state index is 9.98. The van der Waals surface area contributed by atoms with Crippen molar-refractivity contribution in [3.8, 4) is 17.7 Å². The maximum atomic E-state index is 9.98. The SMILES string of the molecule is Cc1[nH]nc2c1C(c1c(OCc3ccccc3)ccc3ccccc13)C(C#N)=C(N)O2. The van der Waals surface area contributed by atoms with Crippen molar-refractivity contribution in [3.05, 3.63) is 101 Å². The standard InChI is InChI=1S/C25H20N4O2/c1-15-21-23(19(13-26)24(27)31-25(21)29-28-15)22-18-10-6-5-9-17(18)11-12-20(22)30-14-16-7-3-2-4-8-16/h2-12,23H,14,27H2,1H3,(H,28,29). The molecule has 1 unspecified atom stereocenters. The number of allylic oxidation sites excluding steroid dienone is 1. The van der Waals surface area contributed by atoms with Gasteiger partial charge in [0.25, 0.3) is 0 Å². The summed E-state index contributed by atoms with van der Waals surface area (Å²) >= 11 is 0. The number of aromatic nitrogens is 2. The molecule has 1 aliphatic rings. The number of aromatic amines is 1.